The van der Waals surface area contributed by atoms with Gasteiger partial charge in [0.1, 0.15) is 11.5 Å². The van der Waals surface area contributed by atoms with Crippen molar-refractivity contribution < 1.29 is 17.9 Å². The number of ether oxygens (including phenoxy) is 2. The molecule has 30 heavy (non-hydrogen) atoms. The van der Waals surface area contributed by atoms with Crippen LogP contribution in [0.1, 0.15) is 39.5 Å². The van der Waals surface area contributed by atoms with E-state index in [-0.39, 0.29) is 0 Å². The molecule has 0 spiro atoms. The minimum atomic E-state index is -1.10. The van der Waals surface area contributed by atoms with E-state index in [2.05, 4.69) is 38.1 Å². The van der Waals surface area contributed by atoms with Crippen molar-refractivity contribution in [1.82, 2.24) is 0 Å². The standard InChI is InChI=1S/C23H31O4PS2/c1-6-8-10-29-20-14-16(24-3)12-18-19-13-17(25-4)15-21(30-11-9-7-2)23(19)27-28(5)26-22(18)20/h12-15H,6-11H2,1-5H3. The summed E-state index contributed by atoms with van der Waals surface area (Å²) in [6.45, 7) is 6.44. The molecule has 1 heterocycles. The number of unbranched alkanes of at least 4 members (excludes halogenated alkanes) is 2. The quantitative estimate of drug-likeness (QED) is 0.220. The maximum absolute atomic E-state index is 6.37. The summed E-state index contributed by atoms with van der Waals surface area (Å²) < 4.78 is 24.0. The molecule has 0 saturated heterocycles. The molecule has 0 unspecified atom stereocenters. The molecule has 4 nitrogen and oxygen atoms in total. The predicted octanol–water partition coefficient (Wildman–Crippen LogP) is 8.63. The zero-order valence-electron chi connectivity index (χ0n) is 18.4. The first-order chi connectivity index (χ1) is 14.6. The van der Waals surface area contributed by atoms with Crippen molar-refractivity contribution in [3.8, 4) is 11.5 Å². The van der Waals surface area contributed by atoms with Crippen molar-refractivity contribution in [1.29, 1.82) is 0 Å². The minimum Gasteiger partial charge on any atom is -0.497 e. The summed E-state index contributed by atoms with van der Waals surface area (Å²) in [5.41, 5.74) is 1.78. The second-order valence-corrected chi connectivity index (χ2v) is 10.5. The summed E-state index contributed by atoms with van der Waals surface area (Å²) in [6, 6.07) is 8.25. The summed E-state index contributed by atoms with van der Waals surface area (Å²) in [5.74, 6) is 3.75. The van der Waals surface area contributed by atoms with Gasteiger partial charge in [-0.3, -0.25) is 0 Å². The van der Waals surface area contributed by atoms with Crippen LogP contribution in [0.3, 0.4) is 0 Å². The van der Waals surface area contributed by atoms with Gasteiger partial charge in [0, 0.05) is 17.4 Å². The highest BCUT2D eigenvalue weighted by Gasteiger charge is 2.16. The molecule has 0 aliphatic heterocycles. The van der Waals surface area contributed by atoms with Crippen LogP contribution in [-0.4, -0.2) is 25.7 Å². The Morgan fingerprint density at radius 2 is 1.20 bits per heavy atom. The van der Waals surface area contributed by atoms with Crippen molar-refractivity contribution in [2.24, 2.45) is 6.66 Å². The normalized spacial score (nSPS) is 11.2. The first kappa shape index (κ1) is 23.3. The lowest BCUT2D eigenvalue weighted by molar-refractivity contribution is 0.414. The molecule has 0 N–H and O–H groups in total. The lowest BCUT2D eigenvalue weighted by Gasteiger charge is -2.09. The second-order valence-electron chi connectivity index (χ2n) is 7.03. The average Bonchev–Trinajstić information content (AvgIpc) is 2.89. The topological polar surface area (TPSA) is 44.7 Å². The first-order valence-corrected chi connectivity index (χ1v) is 14.0. The van der Waals surface area contributed by atoms with Gasteiger partial charge in [0.15, 0.2) is 11.2 Å². The molecule has 1 aromatic heterocycles. The van der Waals surface area contributed by atoms with Gasteiger partial charge >= 0.3 is 0 Å². The Balaban J connectivity index is 2.32. The van der Waals surface area contributed by atoms with Crippen LogP contribution in [0.25, 0.3) is 21.9 Å². The van der Waals surface area contributed by atoms with Crippen LogP contribution in [0.5, 0.6) is 11.5 Å². The number of benzene rings is 2. The van der Waals surface area contributed by atoms with Gasteiger partial charge in [-0.25, -0.2) is 0 Å². The number of rotatable bonds is 10. The first-order valence-electron chi connectivity index (χ1n) is 10.4. The third kappa shape index (κ3) is 5.46. The van der Waals surface area contributed by atoms with E-state index in [9.17, 15) is 0 Å². The van der Waals surface area contributed by atoms with Crippen LogP contribution in [0, 0.1) is 0 Å². The van der Waals surface area contributed by atoms with Crippen molar-refractivity contribution in [2.45, 2.75) is 49.3 Å². The molecule has 2 aromatic carbocycles. The van der Waals surface area contributed by atoms with Gasteiger partial charge in [-0.1, -0.05) is 26.7 Å². The van der Waals surface area contributed by atoms with Crippen LogP contribution in [0.4, 0.5) is 0 Å². The van der Waals surface area contributed by atoms with Gasteiger partial charge in [-0.05, 0) is 48.6 Å². The summed E-state index contributed by atoms with van der Waals surface area (Å²) >= 11 is 3.64. The lowest BCUT2D eigenvalue weighted by Crippen LogP contribution is -1.88. The highest BCUT2D eigenvalue weighted by molar-refractivity contribution is 7.99. The van der Waals surface area contributed by atoms with Crippen LogP contribution >= 0.6 is 31.5 Å². The van der Waals surface area contributed by atoms with Crippen LogP contribution < -0.4 is 9.47 Å². The fraction of sp³-hybridized carbons (Fsp3) is 0.478. The summed E-state index contributed by atoms with van der Waals surface area (Å²) in [5, 5.41) is 2.01. The van der Waals surface area contributed by atoms with Gasteiger partial charge in [-0.2, -0.15) is 0 Å². The van der Waals surface area contributed by atoms with E-state index >= 15 is 0 Å². The molecule has 0 bridgehead atoms. The second kappa shape index (κ2) is 11.3. The number of aryl methyl sites for hydroxylation is 1. The SMILES string of the molecule is CCCCSc1cc(OC)cc2c1op(C)oc1c(SCCCC)cc(OC)cc12. The average molecular weight is 467 g/mol. The predicted molar refractivity (Wildman–Crippen MR) is 132 cm³/mol. The Kier molecular flexibility index (Phi) is 8.79. The third-order valence-electron chi connectivity index (χ3n) is 4.77. The molecule has 0 amide bonds. The van der Waals surface area contributed by atoms with Gasteiger partial charge in [0.25, 0.3) is 0 Å². The van der Waals surface area contributed by atoms with Crippen LogP contribution in [0.15, 0.2) is 42.4 Å². The van der Waals surface area contributed by atoms with E-state index in [1.165, 1.54) is 12.8 Å². The molecule has 0 atom stereocenters. The van der Waals surface area contributed by atoms with E-state index in [1.54, 1.807) is 14.2 Å². The molecule has 0 radical (unpaired) electrons. The molecule has 7 heteroatoms. The Morgan fingerprint density at radius 1 is 0.767 bits per heavy atom. The molecule has 3 aromatic rings. The fourth-order valence-electron chi connectivity index (χ4n) is 3.12. The number of hydrogen-bond acceptors (Lipinski definition) is 6. The highest BCUT2D eigenvalue weighted by Crippen LogP contribution is 2.43. The number of methoxy groups -OCH3 is 2. The van der Waals surface area contributed by atoms with Crippen molar-refractivity contribution >= 4 is 53.5 Å². The van der Waals surface area contributed by atoms with Crippen LogP contribution in [0.2, 0.25) is 0 Å². The van der Waals surface area contributed by atoms with E-state index in [1.807, 2.05) is 30.2 Å². The van der Waals surface area contributed by atoms with Crippen molar-refractivity contribution in [2.75, 3.05) is 25.7 Å². The highest BCUT2D eigenvalue weighted by atomic mass is 32.2. The zero-order valence-corrected chi connectivity index (χ0v) is 21.0. The maximum Gasteiger partial charge on any atom is 0.213 e. The Labute approximate surface area is 188 Å². The monoisotopic (exact) mass is 466 g/mol. The minimum absolute atomic E-state index is 0.827. The van der Waals surface area contributed by atoms with Gasteiger partial charge in [0.05, 0.1) is 24.0 Å². The third-order valence-corrected chi connectivity index (χ3v) is 7.86. The largest absolute Gasteiger partial charge is 0.497 e. The molecular formula is C23H31O4PS2. The maximum atomic E-state index is 6.37. The van der Waals surface area contributed by atoms with Crippen LogP contribution in [-0.2, 0) is 6.66 Å². The van der Waals surface area contributed by atoms with Gasteiger partial charge in [0.2, 0.25) is 8.01 Å². The summed E-state index contributed by atoms with van der Waals surface area (Å²) in [7, 11) is 2.32. The van der Waals surface area contributed by atoms with E-state index in [0.29, 0.717) is 0 Å². The summed E-state index contributed by atoms with van der Waals surface area (Å²) in [6.07, 6.45) is 4.66. The Bertz CT molecular complexity index is 953. The molecule has 164 valence electrons. The van der Waals surface area contributed by atoms with E-state index in [0.717, 1.165) is 67.6 Å². The molecular weight excluding hydrogens is 435 g/mol. The number of fused-ring (bicyclic) bond motifs is 3. The van der Waals surface area contributed by atoms with Gasteiger partial charge < -0.3 is 17.9 Å². The molecule has 0 saturated carbocycles. The summed E-state index contributed by atoms with van der Waals surface area (Å²) in [4.78, 5) is 2.21. The molecule has 0 aliphatic rings. The lowest BCUT2D eigenvalue weighted by atomic mass is 10.1. The smallest absolute Gasteiger partial charge is 0.213 e. The zero-order chi connectivity index (χ0) is 21.5. The molecule has 0 aliphatic carbocycles. The Morgan fingerprint density at radius 3 is 1.57 bits per heavy atom. The van der Waals surface area contributed by atoms with E-state index in [4.69, 9.17) is 17.9 Å². The van der Waals surface area contributed by atoms with E-state index < -0.39 is 8.01 Å². The van der Waals surface area contributed by atoms with Crippen molar-refractivity contribution in [3.05, 3.63) is 24.3 Å². The number of thioether (sulfide) groups is 2. The van der Waals surface area contributed by atoms with Crippen molar-refractivity contribution in [3.63, 3.8) is 0 Å². The fourth-order valence-corrected chi connectivity index (χ4v) is 6.46. The number of hydrogen-bond donors (Lipinski definition) is 0. The van der Waals surface area contributed by atoms with Gasteiger partial charge in [-0.15, -0.1) is 23.5 Å². The molecule has 3 rings (SSSR count). The molecule has 0 fully saturated rings. The Hall–Kier alpha value is -1.36.